The Morgan fingerprint density at radius 3 is 2.73 bits per heavy atom. The molecule has 1 heterocycles. The average molecular weight is 299 g/mol. The van der Waals surface area contributed by atoms with Crippen LogP contribution in [0.4, 0.5) is 0 Å². The second kappa shape index (κ2) is 5.95. The maximum absolute atomic E-state index is 12.3. The first-order valence-corrected chi connectivity index (χ1v) is 7.91. The van der Waals surface area contributed by atoms with Crippen LogP contribution in [-0.4, -0.2) is 23.3 Å². The Morgan fingerprint density at radius 2 is 2.05 bits per heavy atom. The Hall–Kier alpha value is -2.10. The van der Waals surface area contributed by atoms with Gasteiger partial charge in [-0.25, -0.2) is 4.79 Å². The van der Waals surface area contributed by atoms with Crippen LogP contribution in [0.2, 0.25) is 0 Å². The van der Waals surface area contributed by atoms with Gasteiger partial charge in [0, 0.05) is 23.7 Å². The van der Waals surface area contributed by atoms with E-state index in [2.05, 4.69) is 11.1 Å². The molecule has 0 saturated heterocycles. The van der Waals surface area contributed by atoms with E-state index in [1.54, 1.807) is 0 Å². The number of hydrogen-bond acceptors (Lipinski definition) is 3. The molecule has 0 aliphatic heterocycles. The molecule has 0 amide bonds. The molecule has 1 aliphatic carbocycles. The molecular weight excluding hydrogens is 278 g/mol. The fourth-order valence-electron chi connectivity index (χ4n) is 3.34. The fraction of sp³-hybridized carbons (Fsp3) is 0.444. The normalized spacial score (nSPS) is 16.2. The third kappa shape index (κ3) is 2.65. The number of carbonyl (C=O) groups is 2. The van der Waals surface area contributed by atoms with E-state index in [9.17, 15) is 9.59 Å². The predicted molar refractivity (Wildman–Crippen MR) is 85.2 cm³/mol. The number of ketones is 1. The number of aromatic nitrogens is 1. The van der Waals surface area contributed by atoms with E-state index in [1.165, 1.54) is 0 Å². The summed E-state index contributed by atoms with van der Waals surface area (Å²) < 4.78 is 5.20. The molecule has 4 nitrogen and oxygen atoms in total. The van der Waals surface area contributed by atoms with Gasteiger partial charge in [0.15, 0.2) is 0 Å². The zero-order valence-corrected chi connectivity index (χ0v) is 13.1. The summed E-state index contributed by atoms with van der Waals surface area (Å²) in [6.45, 7) is 4.21. The second-order valence-electron chi connectivity index (χ2n) is 6.00. The van der Waals surface area contributed by atoms with Crippen molar-refractivity contribution in [1.29, 1.82) is 0 Å². The van der Waals surface area contributed by atoms with Crippen molar-refractivity contribution < 1.29 is 14.3 Å². The van der Waals surface area contributed by atoms with Gasteiger partial charge in [0.1, 0.15) is 11.5 Å². The van der Waals surface area contributed by atoms with Gasteiger partial charge in [-0.05, 0) is 50.3 Å². The molecule has 1 aromatic heterocycles. The molecule has 116 valence electrons. The van der Waals surface area contributed by atoms with E-state index in [1.807, 2.05) is 26.0 Å². The monoisotopic (exact) mass is 299 g/mol. The SMILES string of the molecule is CCOC(=O)c1[nH]c2ccc(C)cc2c1C1CCC(=O)CC1. The van der Waals surface area contributed by atoms with Crippen molar-refractivity contribution in [2.45, 2.75) is 45.4 Å². The average Bonchev–Trinajstić information content (AvgIpc) is 2.87. The molecule has 4 heteroatoms. The minimum atomic E-state index is -0.303. The Labute approximate surface area is 129 Å². The molecule has 1 saturated carbocycles. The van der Waals surface area contributed by atoms with Crippen LogP contribution in [-0.2, 0) is 9.53 Å². The summed E-state index contributed by atoms with van der Waals surface area (Å²) in [6, 6.07) is 6.15. The van der Waals surface area contributed by atoms with Crippen molar-refractivity contribution in [3.05, 3.63) is 35.0 Å². The number of hydrogen-bond donors (Lipinski definition) is 1. The highest BCUT2D eigenvalue weighted by molar-refractivity contribution is 5.99. The standard InChI is InChI=1S/C18H21NO3/c1-3-22-18(21)17-16(12-5-7-13(20)8-6-12)14-10-11(2)4-9-15(14)19-17/h4,9-10,12,19H,3,5-8H2,1-2H3. The molecular formula is C18H21NO3. The lowest BCUT2D eigenvalue weighted by Gasteiger charge is -2.21. The van der Waals surface area contributed by atoms with Crippen molar-refractivity contribution in [2.75, 3.05) is 6.61 Å². The third-order valence-electron chi connectivity index (χ3n) is 4.43. The molecule has 0 unspecified atom stereocenters. The van der Waals surface area contributed by atoms with E-state index in [0.29, 0.717) is 30.9 Å². The van der Waals surface area contributed by atoms with Crippen molar-refractivity contribution in [3.63, 3.8) is 0 Å². The van der Waals surface area contributed by atoms with Crippen LogP contribution in [0.15, 0.2) is 18.2 Å². The summed E-state index contributed by atoms with van der Waals surface area (Å²) in [5.41, 5.74) is 3.71. The van der Waals surface area contributed by atoms with E-state index >= 15 is 0 Å². The minimum Gasteiger partial charge on any atom is -0.461 e. The molecule has 1 fully saturated rings. The van der Waals surface area contributed by atoms with Gasteiger partial charge in [0.25, 0.3) is 0 Å². The van der Waals surface area contributed by atoms with E-state index in [-0.39, 0.29) is 11.9 Å². The summed E-state index contributed by atoms with van der Waals surface area (Å²) in [5, 5.41) is 1.09. The number of aryl methyl sites for hydroxylation is 1. The first-order valence-electron chi connectivity index (χ1n) is 7.91. The lowest BCUT2D eigenvalue weighted by Crippen LogP contribution is -2.16. The van der Waals surface area contributed by atoms with Gasteiger partial charge in [-0.2, -0.15) is 0 Å². The fourth-order valence-corrected chi connectivity index (χ4v) is 3.34. The van der Waals surface area contributed by atoms with Crippen molar-refractivity contribution in [2.24, 2.45) is 0 Å². The van der Waals surface area contributed by atoms with Gasteiger partial charge >= 0.3 is 5.97 Å². The molecule has 3 rings (SSSR count). The quantitative estimate of drug-likeness (QED) is 0.875. The number of H-pyrrole nitrogens is 1. The highest BCUT2D eigenvalue weighted by Gasteiger charge is 2.28. The Morgan fingerprint density at radius 1 is 1.32 bits per heavy atom. The molecule has 0 bridgehead atoms. The topological polar surface area (TPSA) is 59.2 Å². The number of benzene rings is 1. The number of rotatable bonds is 3. The van der Waals surface area contributed by atoms with Crippen molar-refractivity contribution in [3.8, 4) is 0 Å². The maximum Gasteiger partial charge on any atom is 0.355 e. The van der Waals surface area contributed by atoms with Crippen molar-refractivity contribution in [1.82, 2.24) is 4.98 Å². The highest BCUT2D eigenvalue weighted by atomic mass is 16.5. The maximum atomic E-state index is 12.3. The number of ether oxygens (including phenoxy) is 1. The number of fused-ring (bicyclic) bond motifs is 1. The van der Waals surface area contributed by atoms with Crippen molar-refractivity contribution >= 4 is 22.7 Å². The van der Waals surface area contributed by atoms with Gasteiger partial charge in [0.05, 0.1) is 6.61 Å². The van der Waals surface area contributed by atoms with Crippen LogP contribution in [0.3, 0.4) is 0 Å². The zero-order valence-electron chi connectivity index (χ0n) is 13.1. The second-order valence-corrected chi connectivity index (χ2v) is 6.00. The van der Waals surface area contributed by atoms with Gasteiger partial charge in [-0.15, -0.1) is 0 Å². The summed E-state index contributed by atoms with van der Waals surface area (Å²) in [7, 11) is 0. The molecule has 1 aromatic carbocycles. The summed E-state index contributed by atoms with van der Waals surface area (Å²) in [6.07, 6.45) is 2.83. The number of Topliss-reactive ketones (excluding diaryl/α,β-unsaturated/α-hetero) is 1. The summed E-state index contributed by atoms with van der Waals surface area (Å²) in [4.78, 5) is 27.0. The third-order valence-corrected chi connectivity index (χ3v) is 4.43. The van der Waals surface area contributed by atoms with E-state index < -0.39 is 0 Å². The van der Waals surface area contributed by atoms with Crippen LogP contribution < -0.4 is 0 Å². The van der Waals surface area contributed by atoms with E-state index in [0.717, 1.165) is 34.9 Å². The largest absolute Gasteiger partial charge is 0.461 e. The molecule has 0 radical (unpaired) electrons. The molecule has 1 N–H and O–H groups in total. The molecule has 2 aromatic rings. The van der Waals surface area contributed by atoms with E-state index in [4.69, 9.17) is 4.74 Å². The summed E-state index contributed by atoms with van der Waals surface area (Å²) >= 11 is 0. The number of carbonyl (C=O) groups excluding carboxylic acids is 2. The molecule has 22 heavy (non-hydrogen) atoms. The Bertz CT molecular complexity index is 719. The molecule has 1 aliphatic rings. The van der Waals surface area contributed by atoms with Crippen LogP contribution in [0, 0.1) is 6.92 Å². The smallest absolute Gasteiger partial charge is 0.355 e. The Kier molecular flexibility index (Phi) is 4.01. The lowest BCUT2D eigenvalue weighted by molar-refractivity contribution is -0.120. The van der Waals surface area contributed by atoms with Crippen LogP contribution in [0.1, 0.15) is 60.1 Å². The number of aromatic amines is 1. The van der Waals surface area contributed by atoms with Crippen LogP contribution in [0.25, 0.3) is 10.9 Å². The highest BCUT2D eigenvalue weighted by Crippen LogP contribution is 2.38. The van der Waals surface area contributed by atoms with Gasteiger partial charge in [-0.1, -0.05) is 11.6 Å². The number of nitrogens with one attached hydrogen (secondary N) is 1. The first kappa shape index (κ1) is 14.8. The molecule has 0 spiro atoms. The van der Waals surface area contributed by atoms with Crippen LogP contribution >= 0.6 is 0 Å². The number of esters is 1. The Balaban J connectivity index is 2.11. The van der Waals surface area contributed by atoms with Gasteiger partial charge in [0.2, 0.25) is 0 Å². The predicted octanol–water partition coefficient (Wildman–Crippen LogP) is 3.88. The first-order chi connectivity index (χ1) is 10.6. The van der Waals surface area contributed by atoms with Gasteiger partial charge in [-0.3, -0.25) is 4.79 Å². The lowest BCUT2D eigenvalue weighted by atomic mass is 9.82. The zero-order chi connectivity index (χ0) is 15.7. The summed E-state index contributed by atoms with van der Waals surface area (Å²) in [5.74, 6) is 0.265. The minimum absolute atomic E-state index is 0.243. The van der Waals surface area contributed by atoms with Crippen LogP contribution in [0.5, 0.6) is 0 Å². The van der Waals surface area contributed by atoms with Gasteiger partial charge < -0.3 is 9.72 Å². The molecule has 0 atom stereocenters.